The summed E-state index contributed by atoms with van der Waals surface area (Å²) in [5.41, 5.74) is 11.8. The molecule has 3 amide bonds. The van der Waals surface area contributed by atoms with Crippen LogP contribution in [0.1, 0.15) is 44.6 Å². The van der Waals surface area contributed by atoms with Crippen LogP contribution >= 0.6 is 0 Å². The van der Waals surface area contributed by atoms with E-state index in [9.17, 15) is 39.3 Å². The van der Waals surface area contributed by atoms with E-state index in [-0.39, 0.29) is 31.4 Å². The zero-order valence-corrected chi connectivity index (χ0v) is 21.1. The van der Waals surface area contributed by atoms with Gasteiger partial charge in [0.15, 0.2) is 6.04 Å². The quantitative estimate of drug-likeness (QED) is 0.0995. The first-order chi connectivity index (χ1) is 17.8. The lowest BCUT2D eigenvalue weighted by Gasteiger charge is -2.26. The maximum Gasteiger partial charge on any atom is 0.328 e. The van der Waals surface area contributed by atoms with Crippen LogP contribution < -0.4 is 27.4 Å². The number of aliphatic hydroxyl groups is 1. The number of hydrogen-bond acceptors (Lipinski definition) is 9. The summed E-state index contributed by atoms with van der Waals surface area (Å²) in [6.45, 7) is 1.52. The molecule has 0 radical (unpaired) electrons. The topological polar surface area (TPSA) is 254 Å². The highest BCUT2D eigenvalue weighted by Crippen LogP contribution is 2.12. The van der Waals surface area contributed by atoms with Crippen molar-refractivity contribution in [3.05, 3.63) is 29.8 Å². The number of phenolic OH excluding ortho intramolecular Hbond substituents is 1. The second-order valence-corrected chi connectivity index (χ2v) is 8.88. The fraction of sp³-hybridized carbons (Fsp3) is 0.542. The monoisotopic (exact) mass is 539 g/mol. The van der Waals surface area contributed by atoms with Crippen LogP contribution in [0.2, 0.25) is 0 Å². The van der Waals surface area contributed by atoms with E-state index in [2.05, 4.69) is 16.0 Å². The molecular formula is C24H37N5O9. The number of benzene rings is 1. The van der Waals surface area contributed by atoms with Crippen LogP contribution in [0.3, 0.4) is 0 Å². The summed E-state index contributed by atoms with van der Waals surface area (Å²) in [4.78, 5) is 60.9. The Morgan fingerprint density at radius 3 is 1.97 bits per heavy atom. The SMILES string of the molecule is CC(O)C(NC(=O)C(Cc1ccc(O)cc1)NC(=O)C(CCCCN)NC(=O)C(N)CCC(=O)O)C(=O)O. The van der Waals surface area contributed by atoms with E-state index >= 15 is 0 Å². The molecule has 38 heavy (non-hydrogen) atoms. The lowest BCUT2D eigenvalue weighted by molar-refractivity contribution is -0.145. The van der Waals surface area contributed by atoms with Crippen molar-refractivity contribution in [2.24, 2.45) is 11.5 Å². The second-order valence-electron chi connectivity index (χ2n) is 8.88. The highest BCUT2D eigenvalue weighted by molar-refractivity contribution is 5.94. The first-order valence-electron chi connectivity index (χ1n) is 12.1. The van der Waals surface area contributed by atoms with Crippen LogP contribution in [-0.4, -0.2) is 86.9 Å². The minimum atomic E-state index is -1.64. The molecule has 5 atom stereocenters. The third-order valence-electron chi connectivity index (χ3n) is 5.64. The Balaban J connectivity index is 3.13. The van der Waals surface area contributed by atoms with E-state index in [1.54, 1.807) is 0 Å². The Morgan fingerprint density at radius 1 is 0.868 bits per heavy atom. The molecule has 0 aliphatic rings. The van der Waals surface area contributed by atoms with Gasteiger partial charge in [-0.05, 0) is 56.8 Å². The van der Waals surface area contributed by atoms with Gasteiger partial charge in [-0.15, -0.1) is 0 Å². The molecule has 1 aromatic rings. The predicted molar refractivity (Wildman–Crippen MR) is 135 cm³/mol. The Bertz CT molecular complexity index is 955. The number of phenols is 1. The molecule has 212 valence electrons. The number of amides is 3. The number of unbranched alkanes of at least 4 members (excludes halogenated alkanes) is 1. The summed E-state index contributed by atoms with van der Waals surface area (Å²) >= 11 is 0. The van der Waals surface area contributed by atoms with E-state index < -0.39 is 59.9 Å². The van der Waals surface area contributed by atoms with Gasteiger partial charge in [0.1, 0.15) is 17.8 Å². The van der Waals surface area contributed by atoms with Gasteiger partial charge < -0.3 is 47.8 Å². The predicted octanol–water partition coefficient (Wildman–Crippen LogP) is -1.82. The Labute approximate surface area is 219 Å². The summed E-state index contributed by atoms with van der Waals surface area (Å²) < 4.78 is 0. The highest BCUT2D eigenvalue weighted by atomic mass is 16.4. The maximum absolute atomic E-state index is 13.2. The first-order valence-corrected chi connectivity index (χ1v) is 12.1. The van der Waals surface area contributed by atoms with Crippen molar-refractivity contribution in [2.45, 2.75) is 75.7 Å². The minimum Gasteiger partial charge on any atom is -0.508 e. The Morgan fingerprint density at radius 2 is 1.45 bits per heavy atom. The third-order valence-corrected chi connectivity index (χ3v) is 5.64. The van der Waals surface area contributed by atoms with Crippen molar-refractivity contribution < 1.29 is 44.4 Å². The molecular weight excluding hydrogens is 502 g/mol. The number of carbonyl (C=O) groups is 5. The number of carboxylic acid groups (broad SMARTS) is 2. The second kappa shape index (κ2) is 16.2. The third kappa shape index (κ3) is 11.5. The van der Waals surface area contributed by atoms with Gasteiger partial charge in [-0.1, -0.05) is 12.1 Å². The van der Waals surface area contributed by atoms with E-state index in [4.69, 9.17) is 16.6 Å². The first kappa shape index (κ1) is 32.3. The van der Waals surface area contributed by atoms with Crippen LogP contribution in [0, 0.1) is 0 Å². The molecule has 0 bridgehead atoms. The molecule has 14 heteroatoms. The molecule has 0 saturated carbocycles. The molecule has 5 unspecified atom stereocenters. The van der Waals surface area contributed by atoms with Crippen molar-refractivity contribution >= 4 is 29.7 Å². The standard InChI is InChI=1S/C24H37N5O9/c1-13(30)20(24(37)38)29-23(36)18(12-14-5-7-15(31)8-6-14)28-22(35)17(4-2-3-11-25)27-21(34)16(26)9-10-19(32)33/h5-8,13,16-18,20,30-31H,2-4,9-12,25-26H2,1H3,(H,27,34)(H,28,35)(H,29,36)(H,32,33)(H,37,38). The number of carboxylic acids is 2. The van der Waals surface area contributed by atoms with Crippen LogP contribution in [-0.2, 0) is 30.4 Å². The van der Waals surface area contributed by atoms with Crippen LogP contribution in [0.5, 0.6) is 5.75 Å². The van der Waals surface area contributed by atoms with Gasteiger partial charge in [0, 0.05) is 12.8 Å². The zero-order chi connectivity index (χ0) is 28.8. The van der Waals surface area contributed by atoms with Crippen molar-refractivity contribution in [2.75, 3.05) is 6.54 Å². The van der Waals surface area contributed by atoms with Gasteiger partial charge in [0.05, 0.1) is 12.1 Å². The number of aliphatic carboxylic acids is 2. The number of carbonyl (C=O) groups excluding carboxylic acids is 3. The summed E-state index contributed by atoms with van der Waals surface area (Å²) in [5.74, 6) is -5.05. The van der Waals surface area contributed by atoms with Crippen molar-refractivity contribution in [1.82, 2.24) is 16.0 Å². The Hall–Kier alpha value is -3.75. The van der Waals surface area contributed by atoms with Crippen molar-refractivity contribution in [3.63, 3.8) is 0 Å². The van der Waals surface area contributed by atoms with Gasteiger partial charge in [-0.2, -0.15) is 0 Å². The fourth-order valence-corrected chi connectivity index (χ4v) is 3.44. The fourth-order valence-electron chi connectivity index (χ4n) is 3.44. The number of rotatable bonds is 17. The molecule has 0 aliphatic heterocycles. The summed E-state index contributed by atoms with van der Waals surface area (Å²) in [7, 11) is 0. The number of hydrogen-bond donors (Lipinski definition) is 9. The smallest absolute Gasteiger partial charge is 0.328 e. The Kier molecular flexibility index (Phi) is 13.7. The van der Waals surface area contributed by atoms with E-state index in [0.29, 0.717) is 24.9 Å². The molecule has 0 saturated heterocycles. The average molecular weight is 540 g/mol. The lowest BCUT2D eigenvalue weighted by Crippen LogP contribution is -2.58. The van der Waals surface area contributed by atoms with Gasteiger partial charge in [-0.3, -0.25) is 19.2 Å². The molecule has 0 aliphatic carbocycles. The average Bonchev–Trinajstić information content (AvgIpc) is 2.85. The van der Waals surface area contributed by atoms with E-state index in [1.807, 2.05) is 0 Å². The van der Waals surface area contributed by atoms with Crippen LogP contribution in [0.25, 0.3) is 0 Å². The lowest BCUT2D eigenvalue weighted by atomic mass is 10.0. The molecule has 14 nitrogen and oxygen atoms in total. The zero-order valence-electron chi connectivity index (χ0n) is 21.1. The van der Waals surface area contributed by atoms with Gasteiger partial charge in [0.2, 0.25) is 17.7 Å². The summed E-state index contributed by atoms with van der Waals surface area (Å²) in [5, 5.41) is 44.6. The number of aliphatic hydroxyl groups excluding tert-OH is 1. The van der Waals surface area contributed by atoms with Crippen LogP contribution in [0.15, 0.2) is 24.3 Å². The van der Waals surface area contributed by atoms with E-state index in [0.717, 1.165) is 0 Å². The highest BCUT2D eigenvalue weighted by Gasteiger charge is 2.32. The van der Waals surface area contributed by atoms with Crippen molar-refractivity contribution in [3.8, 4) is 5.75 Å². The summed E-state index contributed by atoms with van der Waals surface area (Å²) in [6, 6.07) is 0.463. The minimum absolute atomic E-state index is 0.0271. The molecule has 0 spiro atoms. The number of aromatic hydroxyl groups is 1. The molecule has 0 aromatic heterocycles. The summed E-state index contributed by atoms with van der Waals surface area (Å²) in [6.07, 6.45) is -0.919. The van der Waals surface area contributed by atoms with Gasteiger partial charge in [-0.25, -0.2) is 4.79 Å². The molecule has 0 fully saturated rings. The maximum atomic E-state index is 13.2. The number of nitrogens with one attached hydrogen (secondary N) is 3. The molecule has 1 rings (SSSR count). The van der Waals surface area contributed by atoms with E-state index in [1.165, 1.54) is 31.2 Å². The van der Waals surface area contributed by atoms with Crippen molar-refractivity contribution in [1.29, 1.82) is 0 Å². The van der Waals surface area contributed by atoms with Gasteiger partial charge >= 0.3 is 11.9 Å². The largest absolute Gasteiger partial charge is 0.508 e. The van der Waals surface area contributed by atoms with Crippen LogP contribution in [0.4, 0.5) is 0 Å². The molecule has 0 heterocycles. The number of nitrogens with two attached hydrogens (primary N) is 2. The normalized spacial score (nSPS) is 14.8. The van der Waals surface area contributed by atoms with Gasteiger partial charge in [0.25, 0.3) is 0 Å². The molecule has 11 N–H and O–H groups in total. The molecule has 1 aromatic carbocycles.